The summed E-state index contributed by atoms with van der Waals surface area (Å²) in [6.07, 6.45) is 0. The van der Waals surface area contributed by atoms with E-state index in [0.717, 1.165) is 0 Å². The van der Waals surface area contributed by atoms with Crippen molar-refractivity contribution in [3.8, 4) is 0 Å². The second kappa shape index (κ2) is 6.76. The van der Waals surface area contributed by atoms with E-state index >= 15 is 0 Å². The summed E-state index contributed by atoms with van der Waals surface area (Å²) >= 11 is 0. The first-order chi connectivity index (χ1) is 2.00. The Labute approximate surface area is 104 Å². The van der Waals surface area contributed by atoms with Crippen molar-refractivity contribution < 1.29 is 51.9 Å². The molecule has 0 aromatic heterocycles. The minimum Gasteiger partial charge on any atom is 0 e. The van der Waals surface area contributed by atoms with Crippen LogP contribution >= 0.6 is 0 Å². The first-order valence-corrected chi connectivity index (χ1v) is 2.68. The molecule has 0 spiro atoms. The zero-order chi connectivity index (χ0) is 4.50. The van der Waals surface area contributed by atoms with E-state index < -0.39 is 9.05 Å². The molecule has 4 N–H and O–H groups in total. The number of rotatable bonds is 0. The molecule has 0 saturated carbocycles. The van der Waals surface area contributed by atoms with Crippen molar-refractivity contribution in [2.24, 2.45) is 0 Å². The summed E-state index contributed by atoms with van der Waals surface area (Å²) < 4.78 is 0. The van der Waals surface area contributed by atoms with E-state index in [0.29, 0.717) is 0 Å². The Morgan fingerprint density at radius 1 is 0.857 bits per heavy atom. The predicted molar refractivity (Wildman–Crippen MR) is 23.2 cm³/mol. The van der Waals surface area contributed by atoms with Crippen LogP contribution in [-0.4, -0.2) is 73.7 Å². The Hall–Kier alpha value is 2.64. The van der Waals surface area contributed by atoms with Gasteiger partial charge in [0.05, 0.1) is 0 Å². The number of hydrogen-bond donors (Lipinski definition) is 4. The predicted octanol–water partition coefficient (Wildman–Crippen LogP) is -3.53. The maximum Gasteiger partial charge on any atom is 0 e. The van der Waals surface area contributed by atoms with Crippen molar-refractivity contribution in [3.63, 3.8) is 0 Å². The van der Waals surface area contributed by atoms with Crippen LogP contribution in [0.3, 0.4) is 0 Å². The van der Waals surface area contributed by atoms with E-state index in [-0.39, 0.29) is 78.2 Å². The molecule has 0 fully saturated rings. The molecule has 7 heavy (non-hydrogen) atoms. The SMILES string of the molecule is O[Si](O)(O)O.[SrH2].[Y]. The van der Waals surface area contributed by atoms with Crippen LogP contribution in [-0.2, 0) is 32.7 Å². The van der Waals surface area contributed by atoms with Gasteiger partial charge in [-0.05, 0) is 0 Å². The molecule has 39 valence electrons. The van der Waals surface area contributed by atoms with Crippen LogP contribution < -0.4 is 0 Å². The third kappa shape index (κ3) is 54.6. The Morgan fingerprint density at radius 3 is 0.857 bits per heavy atom. The third-order valence-electron chi connectivity index (χ3n) is 0. The molecule has 0 bridgehead atoms. The van der Waals surface area contributed by atoms with Gasteiger partial charge in [0.25, 0.3) is 0 Å². The van der Waals surface area contributed by atoms with E-state index in [4.69, 9.17) is 19.2 Å². The van der Waals surface area contributed by atoms with Crippen LogP contribution in [0.25, 0.3) is 0 Å². The Balaban J connectivity index is -0.0000000800. The molecule has 0 aliphatic carbocycles. The summed E-state index contributed by atoms with van der Waals surface area (Å²) in [5.74, 6) is 0. The monoisotopic (exact) mass is 275 g/mol. The van der Waals surface area contributed by atoms with Crippen LogP contribution in [0.1, 0.15) is 0 Å². The Bertz CT molecular complexity index is 27.2. The van der Waals surface area contributed by atoms with Crippen molar-refractivity contribution in [1.82, 2.24) is 0 Å². The summed E-state index contributed by atoms with van der Waals surface area (Å²) in [7, 11) is -4.61. The van der Waals surface area contributed by atoms with E-state index in [1.807, 2.05) is 0 Å². The van der Waals surface area contributed by atoms with Gasteiger partial charge >= 0.3 is 54.5 Å². The average Bonchev–Trinajstić information content (AvgIpc) is 0.722. The largest absolute Gasteiger partial charge is 0 e. The van der Waals surface area contributed by atoms with Crippen molar-refractivity contribution >= 4 is 54.5 Å². The molecule has 0 unspecified atom stereocenters. The summed E-state index contributed by atoms with van der Waals surface area (Å²) in [6, 6.07) is 0. The van der Waals surface area contributed by atoms with Crippen LogP contribution in [0.4, 0.5) is 0 Å². The zero-order valence-electron chi connectivity index (χ0n) is 2.87. The molecular weight excluding hydrogens is 269 g/mol. The average molecular weight is 275 g/mol. The first-order valence-electron chi connectivity index (χ1n) is 0.894. The van der Waals surface area contributed by atoms with Gasteiger partial charge in [0.1, 0.15) is 0 Å². The molecule has 0 heterocycles. The van der Waals surface area contributed by atoms with Crippen LogP contribution in [0.2, 0.25) is 0 Å². The minimum absolute atomic E-state index is 0. The molecule has 0 saturated heterocycles. The molecule has 0 rings (SSSR count). The summed E-state index contributed by atoms with van der Waals surface area (Å²) in [6.45, 7) is 0. The van der Waals surface area contributed by atoms with Crippen molar-refractivity contribution in [3.05, 3.63) is 0 Å². The van der Waals surface area contributed by atoms with E-state index in [1.54, 1.807) is 0 Å². The summed E-state index contributed by atoms with van der Waals surface area (Å²) in [5, 5.41) is 0. The molecular formula is H6O4SiSrY. The van der Waals surface area contributed by atoms with Crippen molar-refractivity contribution in [2.45, 2.75) is 0 Å². The van der Waals surface area contributed by atoms with E-state index in [1.165, 1.54) is 0 Å². The Kier molecular flexibility index (Phi) is 15.8. The molecule has 1 radical (unpaired) electrons. The maximum absolute atomic E-state index is 7.33. The fourth-order valence-electron chi connectivity index (χ4n) is 0. The van der Waals surface area contributed by atoms with E-state index in [9.17, 15) is 0 Å². The van der Waals surface area contributed by atoms with E-state index in [2.05, 4.69) is 0 Å². The Morgan fingerprint density at radius 2 is 0.857 bits per heavy atom. The normalized spacial score (nSPS) is 8.57. The van der Waals surface area contributed by atoms with Gasteiger partial charge < -0.3 is 19.2 Å². The van der Waals surface area contributed by atoms with Crippen molar-refractivity contribution in [2.75, 3.05) is 0 Å². The topological polar surface area (TPSA) is 80.9 Å². The fraction of sp³-hybridized carbons (Fsp3) is 0. The molecule has 4 nitrogen and oxygen atoms in total. The molecule has 0 aromatic rings. The van der Waals surface area contributed by atoms with Crippen LogP contribution in [0, 0.1) is 0 Å². The second-order valence-corrected chi connectivity index (χ2v) is 1.80. The van der Waals surface area contributed by atoms with Gasteiger partial charge in [-0.2, -0.15) is 0 Å². The van der Waals surface area contributed by atoms with Gasteiger partial charge in [0, 0.05) is 32.7 Å². The molecule has 0 aliphatic rings. The van der Waals surface area contributed by atoms with Crippen molar-refractivity contribution in [1.29, 1.82) is 0 Å². The van der Waals surface area contributed by atoms with Gasteiger partial charge in [-0.3, -0.25) is 0 Å². The van der Waals surface area contributed by atoms with Gasteiger partial charge in [-0.1, -0.05) is 0 Å². The maximum atomic E-state index is 7.33. The first kappa shape index (κ1) is 16.3. The summed E-state index contributed by atoms with van der Waals surface area (Å²) in [5.41, 5.74) is 0. The molecule has 0 aromatic carbocycles. The summed E-state index contributed by atoms with van der Waals surface area (Å²) in [4.78, 5) is 29.3. The molecule has 0 atom stereocenters. The smallest absolute Gasteiger partial charge is 0 e. The van der Waals surface area contributed by atoms with Gasteiger partial charge in [-0.25, -0.2) is 0 Å². The third-order valence-corrected chi connectivity index (χ3v) is 0. The minimum atomic E-state index is -4.61. The molecule has 0 aliphatic heterocycles. The van der Waals surface area contributed by atoms with Crippen LogP contribution in [0.5, 0.6) is 0 Å². The van der Waals surface area contributed by atoms with Gasteiger partial charge in [-0.15, -0.1) is 0 Å². The van der Waals surface area contributed by atoms with Gasteiger partial charge in [0.2, 0.25) is 0 Å². The quantitative estimate of drug-likeness (QED) is 0.345. The van der Waals surface area contributed by atoms with Crippen LogP contribution in [0.15, 0.2) is 0 Å². The molecule has 0 amide bonds. The fourth-order valence-corrected chi connectivity index (χ4v) is 0. The molecule has 7 heteroatoms. The second-order valence-electron chi connectivity index (χ2n) is 0.600. The van der Waals surface area contributed by atoms with Gasteiger partial charge in [0.15, 0.2) is 0 Å². The standard InChI is InChI=1S/H4O4Si.Sr.Y.2H/c1-5(2,3)4;;;;/h1-4H;;;;. The number of hydrogen-bond acceptors (Lipinski definition) is 4. The zero-order valence-corrected chi connectivity index (χ0v) is 6.70.